The second kappa shape index (κ2) is 7.83. The van der Waals surface area contributed by atoms with E-state index in [1.807, 2.05) is 12.1 Å². The van der Waals surface area contributed by atoms with E-state index in [2.05, 4.69) is 22.0 Å². The topological polar surface area (TPSA) is 51.5 Å². The summed E-state index contributed by atoms with van der Waals surface area (Å²) >= 11 is 3.39. The normalized spacial score (nSPS) is 9.67. The monoisotopic (exact) mass is 313 g/mol. The van der Waals surface area contributed by atoms with Crippen molar-refractivity contribution < 1.29 is 14.2 Å². The molecular formula is C13H16BrNO3. The molecule has 0 bridgehead atoms. The van der Waals surface area contributed by atoms with Crippen LogP contribution >= 0.6 is 15.9 Å². The molecule has 0 spiro atoms. The zero-order valence-corrected chi connectivity index (χ0v) is 12.1. The van der Waals surface area contributed by atoms with Crippen molar-refractivity contribution in [3.8, 4) is 23.3 Å². The Balaban J connectivity index is 2.89. The molecule has 4 nitrogen and oxygen atoms in total. The van der Waals surface area contributed by atoms with Gasteiger partial charge in [-0.25, -0.2) is 0 Å². The highest BCUT2D eigenvalue weighted by atomic mass is 79.9. The van der Waals surface area contributed by atoms with Crippen LogP contribution in [0.15, 0.2) is 12.1 Å². The fraction of sp³-hybridized carbons (Fsp3) is 0.462. The van der Waals surface area contributed by atoms with Crippen molar-refractivity contribution >= 4 is 15.9 Å². The van der Waals surface area contributed by atoms with Gasteiger partial charge in [-0.15, -0.1) is 0 Å². The van der Waals surface area contributed by atoms with E-state index in [9.17, 15) is 0 Å². The van der Waals surface area contributed by atoms with E-state index in [-0.39, 0.29) is 0 Å². The molecule has 0 radical (unpaired) electrons. The van der Waals surface area contributed by atoms with E-state index < -0.39 is 0 Å². The smallest absolute Gasteiger partial charge is 0.203 e. The fourth-order valence-corrected chi connectivity index (χ4v) is 1.80. The molecule has 0 aliphatic carbocycles. The minimum Gasteiger partial charge on any atom is -0.493 e. The third-order valence-electron chi connectivity index (χ3n) is 2.35. The summed E-state index contributed by atoms with van der Waals surface area (Å²) in [6.07, 6.45) is 1.16. The third kappa shape index (κ3) is 3.81. The van der Waals surface area contributed by atoms with Crippen molar-refractivity contribution in [3.05, 3.63) is 17.7 Å². The van der Waals surface area contributed by atoms with Crippen LogP contribution in [0.3, 0.4) is 0 Å². The van der Waals surface area contributed by atoms with Crippen molar-refractivity contribution in [1.82, 2.24) is 0 Å². The number of nitriles is 1. The first-order valence-corrected chi connectivity index (χ1v) is 6.69. The van der Waals surface area contributed by atoms with Gasteiger partial charge in [-0.1, -0.05) is 15.9 Å². The molecule has 0 fully saturated rings. The molecule has 0 amide bonds. The lowest BCUT2D eigenvalue weighted by molar-refractivity contribution is 0.271. The van der Waals surface area contributed by atoms with E-state index in [0.717, 1.165) is 5.56 Å². The molecule has 98 valence electrons. The molecule has 0 heterocycles. The average Bonchev–Trinajstić information content (AvgIpc) is 2.42. The number of hydrogen-bond acceptors (Lipinski definition) is 4. The Hall–Kier alpha value is -1.41. The van der Waals surface area contributed by atoms with Crippen LogP contribution in [0.2, 0.25) is 0 Å². The van der Waals surface area contributed by atoms with Gasteiger partial charge in [0.2, 0.25) is 5.75 Å². The first-order valence-electron chi connectivity index (χ1n) is 5.57. The van der Waals surface area contributed by atoms with E-state index in [1.54, 1.807) is 14.2 Å². The highest BCUT2D eigenvalue weighted by molar-refractivity contribution is 9.08. The van der Waals surface area contributed by atoms with Crippen LogP contribution in [0, 0.1) is 11.3 Å². The number of unbranched alkanes of at least 4 members (excludes halogenated alkanes) is 1. The van der Waals surface area contributed by atoms with Crippen LogP contribution in [-0.4, -0.2) is 20.8 Å². The Kier molecular flexibility index (Phi) is 6.37. The van der Waals surface area contributed by atoms with Gasteiger partial charge >= 0.3 is 0 Å². The summed E-state index contributed by atoms with van der Waals surface area (Å²) in [5, 5.41) is 9.19. The van der Waals surface area contributed by atoms with E-state index >= 15 is 0 Å². The molecule has 18 heavy (non-hydrogen) atoms. The lowest BCUT2D eigenvalue weighted by atomic mass is 10.2. The van der Waals surface area contributed by atoms with E-state index in [4.69, 9.17) is 19.5 Å². The summed E-state index contributed by atoms with van der Waals surface area (Å²) in [5.41, 5.74) is 1.05. The molecule has 1 rings (SSSR count). The minimum absolute atomic E-state index is 0.466. The quantitative estimate of drug-likeness (QED) is 0.572. The Morgan fingerprint density at radius 2 is 1.83 bits per heavy atom. The van der Waals surface area contributed by atoms with Crippen molar-refractivity contribution in [2.75, 3.05) is 20.8 Å². The maximum atomic E-state index is 8.47. The molecule has 1 aromatic carbocycles. The first-order chi connectivity index (χ1) is 8.76. The average molecular weight is 314 g/mol. The van der Waals surface area contributed by atoms with Gasteiger partial charge in [0.15, 0.2) is 11.5 Å². The van der Waals surface area contributed by atoms with Crippen LogP contribution in [0.4, 0.5) is 0 Å². The number of ether oxygens (including phenoxy) is 3. The molecule has 0 aromatic heterocycles. The van der Waals surface area contributed by atoms with Gasteiger partial charge in [-0.2, -0.15) is 5.26 Å². The SMILES string of the molecule is COc1cc(CBr)cc(OC)c1OCCCC#N. The summed E-state index contributed by atoms with van der Waals surface area (Å²) in [6.45, 7) is 0.466. The van der Waals surface area contributed by atoms with Crippen molar-refractivity contribution in [1.29, 1.82) is 5.26 Å². The van der Waals surface area contributed by atoms with Gasteiger partial charge in [-0.05, 0) is 24.1 Å². The summed E-state index contributed by atoms with van der Waals surface area (Å²) in [5.74, 6) is 1.86. The van der Waals surface area contributed by atoms with Crippen molar-refractivity contribution in [3.63, 3.8) is 0 Å². The number of methoxy groups -OCH3 is 2. The van der Waals surface area contributed by atoms with Gasteiger partial charge in [0.25, 0.3) is 0 Å². The Morgan fingerprint density at radius 3 is 2.28 bits per heavy atom. The second-order valence-electron chi connectivity index (χ2n) is 3.57. The number of halogens is 1. The minimum atomic E-state index is 0.466. The van der Waals surface area contributed by atoms with Gasteiger partial charge in [0.1, 0.15) is 0 Å². The summed E-state index contributed by atoms with van der Waals surface area (Å²) in [4.78, 5) is 0. The lowest BCUT2D eigenvalue weighted by Crippen LogP contribution is -2.02. The maximum absolute atomic E-state index is 8.47. The van der Waals surface area contributed by atoms with Gasteiger partial charge in [-0.3, -0.25) is 0 Å². The van der Waals surface area contributed by atoms with Crippen LogP contribution < -0.4 is 14.2 Å². The van der Waals surface area contributed by atoms with Crippen LogP contribution in [0.5, 0.6) is 17.2 Å². The molecule has 0 atom stereocenters. The van der Waals surface area contributed by atoms with E-state index in [1.165, 1.54) is 0 Å². The highest BCUT2D eigenvalue weighted by Crippen LogP contribution is 2.39. The molecule has 0 saturated carbocycles. The standard InChI is InChI=1S/C13H16BrNO3/c1-16-11-7-10(9-14)8-12(17-2)13(11)18-6-4-3-5-15/h7-8H,3-4,6,9H2,1-2H3. The second-order valence-corrected chi connectivity index (χ2v) is 4.13. The number of rotatable bonds is 7. The Bertz CT molecular complexity index is 404. The van der Waals surface area contributed by atoms with Crippen molar-refractivity contribution in [2.45, 2.75) is 18.2 Å². The molecule has 5 heteroatoms. The zero-order chi connectivity index (χ0) is 13.4. The fourth-order valence-electron chi connectivity index (χ4n) is 1.48. The van der Waals surface area contributed by atoms with Crippen molar-refractivity contribution in [2.24, 2.45) is 0 Å². The zero-order valence-electron chi connectivity index (χ0n) is 10.5. The molecular weight excluding hydrogens is 298 g/mol. The predicted octanol–water partition coefficient (Wildman–Crippen LogP) is 3.28. The largest absolute Gasteiger partial charge is 0.493 e. The highest BCUT2D eigenvalue weighted by Gasteiger charge is 2.13. The molecule has 0 aliphatic heterocycles. The molecule has 0 unspecified atom stereocenters. The molecule has 0 aliphatic rings. The maximum Gasteiger partial charge on any atom is 0.203 e. The van der Waals surface area contributed by atoms with Crippen LogP contribution in [0.1, 0.15) is 18.4 Å². The summed E-state index contributed by atoms with van der Waals surface area (Å²) < 4.78 is 16.2. The summed E-state index contributed by atoms with van der Waals surface area (Å²) in [7, 11) is 3.18. The summed E-state index contributed by atoms with van der Waals surface area (Å²) in [6, 6.07) is 5.88. The first kappa shape index (κ1) is 14.7. The molecule has 0 saturated heterocycles. The number of nitrogens with zero attached hydrogens (tertiary/aromatic N) is 1. The Morgan fingerprint density at radius 1 is 1.22 bits per heavy atom. The van der Waals surface area contributed by atoms with Crippen LogP contribution in [0.25, 0.3) is 0 Å². The lowest BCUT2D eigenvalue weighted by Gasteiger charge is -2.15. The van der Waals surface area contributed by atoms with E-state index in [0.29, 0.717) is 42.0 Å². The van der Waals surface area contributed by atoms with Gasteiger partial charge in [0.05, 0.1) is 26.9 Å². The molecule has 1 aromatic rings. The van der Waals surface area contributed by atoms with Gasteiger partial charge < -0.3 is 14.2 Å². The molecule has 0 N–H and O–H groups in total. The van der Waals surface area contributed by atoms with Crippen LogP contribution in [-0.2, 0) is 5.33 Å². The third-order valence-corrected chi connectivity index (χ3v) is 3.00. The number of benzene rings is 1. The van der Waals surface area contributed by atoms with Gasteiger partial charge in [0, 0.05) is 11.8 Å². The number of alkyl halides is 1. The predicted molar refractivity (Wildman–Crippen MR) is 72.5 cm³/mol. The Labute approximate surface area is 116 Å². The number of hydrogen-bond donors (Lipinski definition) is 0.